The van der Waals surface area contributed by atoms with E-state index in [-0.39, 0.29) is 0 Å². The van der Waals surface area contributed by atoms with E-state index in [1.165, 1.54) is 6.20 Å². The normalized spacial score (nSPS) is 11.8. The van der Waals surface area contributed by atoms with E-state index in [9.17, 15) is 8.42 Å². The van der Waals surface area contributed by atoms with Crippen LogP contribution in [-0.2, 0) is 15.9 Å². The van der Waals surface area contributed by atoms with E-state index >= 15 is 0 Å². The number of aromatic nitrogens is 1. The molecule has 0 aliphatic rings. The monoisotopic (exact) mass is 223 g/mol. The van der Waals surface area contributed by atoms with Gasteiger partial charge in [0.25, 0.3) is 10.1 Å². The topological polar surface area (TPSA) is 67.3 Å². The number of benzene rings is 1. The Morgan fingerprint density at radius 3 is 2.67 bits per heavy atom. The minimum Gasteiger partial charge on any atom is -0.285 e. The van der Waals surface area contributed by atoms with Crippen LogP contribution in [0.25, 0.3) is 10.8 Å². The van der Waals surface area contributed by atoms with Crippen molar-refractivity contribution in [2.45, 2.75) is 5.75 Å². The Bertz CT molecular complexity index is 587. The SMILES string of the molecule is O=S(=O)(O)Cc1nccc2ccccc12. The highest BCUT2D eigenvalue weighted by molar-refractivity contribution is 7.85. The van der Waals surface area contributed by atoms with Crippen molar-refractivity contribution in [3.63, 3.8) is 0 Å². The molecule has 0 saturated heterocycles. The molecule has 5 heteroatoms. The van der Waals surface area contributed by atoms with Crippen LogP contribution in [0.15, 0.2) is 36.5 Å². The molecular weight excluding hydrogens is 214 g/mol. The standard InChI is InChI=1S/C10H9NO3S/c12-15(13,14)7-10-9-4-2-1-3-8(9)5-6-11-10/h1-6H,7H2,(H,12,13,14). The Morgan fingerprint density at radius 2 is 1.93 bits per heavy atom. The summed E-state index contributed by atoms with van der Waals surface area (Å²) in [4.78, 5) is 3.95. The van der Waals surface area contributed by atoms with Gasteiger partial charge in [-0.2, -0.15) is 8.42 Å². The van der Waals surface area contributed by atoms with Crippen molar-refractivity contribution in [3.8, 4) is 0 Å². The smallest absolute Gasteiger partial charge is 0.270 e. The second-order valence-electron chi connectivity index (χ2n) is 3.21. The summed E-state index contributed by atoms with van der Waals surface area (Å²) in [6, 6.07) is 9.10. The van der Waals surface area contributed by atoms with Crippen LogP contribution >= 0.6 is 0 Å². The first-order valence-corrected chi connectivity index (χ1v) is 5.95. The van der Waals surface area contributed by atoms with Gasteiger partial charge in [0, 0.05) is 11.6 Å². The molecule has 15 heavy (non-hydrogen) atoms. The Morgan fingerprint density at radius 1 is 1.20 bits per heavy atom. The zero-order chi connectivity index (χ0) is 10.9. The van der Waals surface area contributed by atoms with Crippen LogP contribution in [-0.4, -0.2) is 18.0 Å². The molecule has 0 aliphatic heterocycles. The van der Waals surface area contributed by atoms with Gasteiger partial charge >= 0.3 is 0 Å². The molecular formula is C10H9NO3S. The van der Waals surface area contributed by atoms with E-state index in [0.29, 0.717) is 5.69 Å². The molecule has 1 heterocycles. The van der Waals surface area contributed by atoms with E-state index < -0.39 is 15.9 Å². The highest BCUT2D eigenvalue weighted by Gasteiger charge is 2.10. The lowest BCUT2D eigenvalue weighted by molar-refractivity contribution is 0.481. The molecule has 0 amide bonds. The third-order valence-corrected chi connectivity index (χ3v) is 2.71. The minimum absolute atomic E-state index is 0.371. The molecule has 0 atom stereocenters. The highest BCUT2D eigenvalue weighted by atomic mass is 32.2. The van der Waals surface area contributed by atoms with Crippen molar-refractivity contribution in [2.24, 2.45) is 0 Å². The molecule has 1 aromatic carbocycles. The summed E-state index contributed by atoms with van der Waals surface area (Å²) in [7, 11) is -4.03. The molecule has 78 valence electrons. The molecule has 0 spiro atoms. The van der Waals surface area contributed by atoms with E-state index in [1.807, 2.05) is 12.1 Å². The van der Waals surface area contributed by atoms with Crippen molar-refractivity contribution in [1.82, 2.24) is 4.98 Å². The lowest BCUT2D eigenvalue weighted by Crippen LogP contribution is -2.03. The molecule has 0 radical (unpaired) electrons. The van der Waals surface area contributed by atoms with Crippen molar-refractivity contribution < 1.29 is 13.0 Å². The van der Waals surface area contributed by atoms with Crippen LogP contribution < -0.4 is 0 Å². The van der Waals surface area contributed by atoms with Gasteiger partial charge in [-0.1, -0.05) is 24.3 Å². The summed E-state index contributed by atoms with van der Waals surface area (Å²) in [6.07, 6.45) is 1.53. The molecule has 0 bridgehead atoms. The number of pyridine rings is 1. The van der Waals surface area contributed by atoms with Crippen LogP contribution in [0, 0.1) is 0 Å². The number of hydrogen-bond acceptors (Lipinski definition) is 3. The predicted octanol–water partition coefficient (Wildman–Crippen LogP) is 1.62. The summed E-state index contributed by atoms with van der Waals surface area (Å²) in [6.45, 7) is 0. The number of rotatable bonds is 2. The molecule has 1 N–H and O–H groups in total. The van der Waals surface area contributed by atoms with E-state index in [0.717, 1.165) is 10.8 Å². The molecule has 0 saturated carbocycles. The first-order chi connectivity index (χ1) is 7.06. The molecule has 2 aromatic rings. The maximum absolute atomic E-state index is 10.8. The zero-order valence-corrected chi connectivity index (χ0v) is 8.61. The van der Waals surface area contributed by atoms with Crippen molar-refractivity contribution in [1.29, 1.82) is 0 Å². The summed E-state index contributed by atoms with van der Waals surface area (Å²) in [5, 5.41) is 1.66. The first kappa shape index (κ1) is 10.1. The quantitative estimate of drug-likeness (QED) is 0.785. The summed E-state index contributed by atoms with van der Waals surface area (Å²) in [5.41, 5.74) is 0.371. The van der Waals surface area contributed by atoms with Gasteiger partial charge in [0.2, 0.25) is 0 Å². The first-order valence-electron chi connectivity index (χ1n) is 4.34. The highest BCUT2D eigenvalue weighted by Crippen LogP contribution is 2.17. The second-order valence-corrected chi connectivity index (χ2v) is 4.66. The third kappa shape index (κ3) is 2.31. The molecule has 2 rings (SSSR count). The number of fused-ring (bicyclic) bond motifs is 1. The maximum atomic E-state index is 10.8. The largest absolute Gasteiger partial charge is 0.285 e. The number of hydrogen-bond donors (Lipinski definition) is 1. The van der Waals surface area contributed by atoms with Crippen molar-refractivity contribution >= 4 is 20.9 Å². The van der Waals surface area contributed by atoms with Crippen molar-refractivity contribution in [2.75, 3.05) is 0 Å². The zero-order valence-electron chi connectivity index (χ0n) is 7.79. The molecule has 0 aliphatic carbocycles. The van der Waals surface area contributed by atoms with Gasteiger partial charge in [-0.25, -0.2) is 0 Å². The second kappa shape index (κ2) is 3.60. The van der Waals surface area contributed by atoms with Crippen LogP contribution in [0.2, 0.25) is 0 Å². The van der Waals surface area contributed by atoms with E-state index in [1.54, 1.807) is 18.2 Å². The molecule has 1 aromatic heterocycles. The fourth-order valence-corrected chi connectivity index (χ4v) is 2.05. The van der Waals surface area contributed by atoms with Gasteiger partial charge in [0.05, 0.1) is 5.69 Å². The average molecular weight is 223 g/mol. The van der Waals surface area contributed by atoms with Crippen LogP contribution in [0.3, 0.4) is 0 Å². The Kier molecular flexibility index (Phi) is 2.42. The molecule has 4 nitrogen and oxygen atoms in total. The summed E-state index contributed by atoms with van der Waals surface area (Å²) in [5.74, 6) is -0.450. The summed E-state index contributed by atoms with van der Waals surface area (Å²) >= 11 is 0. The van der Waals surface area contributed by atoms with Gasteiger partial charge in [0.1, 0.15) is 5.75 Å². The average Bonchev–Trinajstić information content (AvgIpc) is 2.16. The fourth-order valence-electron chi connectivity index (χ4n) is 1.47. The third-order valence-electron chi connectivity index (χ3n) is 2.08. The Hall–Kier alpha value is -1.46. The Balaban J connectivity index is 2.61. The Labute approximate surface area is 87.3 Å². The van der Waals surface area contributed by atoms with Gasteiger partial charge < -0.3 is 0 Å². The lowest BCUT2D eigenvalue weighted by atomic mass is 10.1. The van der Waals surface area contributed by atoms with Crippen LogP contribution in [0.5, 0.6) is 0 Å². The molecule has 0 fully saturated rings. The van der Waals surface area contributed by atoms with Gasteiger partial charge in [-0.15, -0.1) is 0 Å². The van der Waals surface area contributed by atoms with Gasteiger partial charge in [-0.3, -0.25) is 9.54 Å². The van der Waals surface area contributed by atoms with E-state index in [2.05, 4.69) is 4.98 Å². The summed E-state index contributed by atoms with van der Waals surface area (Å²) < 4.78 is 30.3. The lowest BCUT2D eigenvalue weighted by Gasteiger charge is -2.02. The fraction of sp³-hybridized carbons (Fsp3) is 0.100. The predicted molar refractivity (Wildman–Crippen MR) is 57.0 cm³/mol. The van der Waals surface area contributed by atoms with E-state index in [4.69, 9.17) is 4.55 Å². The van der Waals surface area contributed by atoms with Crippen molar-refractivity contribution in [3.05, 3.63) is 42.2 Å². The number of nitrogens with zero attached hydrogens (tertiary/aromatic N) is 1. The van der Waals surface area contributed by atoms with Crippen LogP contribution in [0.1, 0.15) is 5.69 Å². The minimum atomic E-state index is -4.03. The van der Waals surface area contributed by atoms with Gasteiger partial charge in [-0.05, 0) is 11.5 Å². The maximum Gasteiger partial charge on any atom is 0.270 e. The van der Waals surface area contributed by atoms with Gasteiger partial charge in [0.15, 0.2) is 0 Å². The molecule has 0 unspecified atom stereocenters. The van der Waals surface area contributed by atoms with Crippen LogP contribution in [0.4, 0.5) is 0 Å².